The second-order valence-electron chi connectivity index (χ2n) is 3.57. The number of hydrogen-bond acceptors (Lipinski definition) is 3. The summed E-state index contributed by atoms with van der Waals surface area (Å²) in [4.78, 5) is 21.8. The summed E-state index contributed by atoms with van der Waals surface area (Å²) in [6.07, 6.45) is -4.44. The molecule has 1 rings (SSSR count). The lowest BCUT2D eigenvalue weighted by Gasteiger charge is -2.10. The Hall–Kier alpha value is -1.37. The predicted molar refractivity (Wildman–Crippen MR) is 64.8 cm³/mol. The van der Waals surface area contributed by atoms with Crippen molar-refractivity contribution in [3.05, 3.63) is 35.4 Å². The first-order chi connectivity index (χ1) is 8.77. The quantitative estimate of drug-likeness (QED) is 0.480. The van der Waals surface area contributed by atoms with Crippen LogP contribution in [0.5, 0.6) is 0 Å². The Bertz CT molecular complexity index is 468. The fourth-order valence-electron chi connectivity index (χ4n) is 1.30. The van der Waals surface area contributed by atoms with E-state index in [1.165, 1.54) is 0 Å². The third-order valence-corrected chi connectivity index (χ3v) is 3.18. The average Bonchev–Trinajstić information content (AvgIpc) is 2.36. The van der Waals surface area contributed by atoms with Gasteiger partial charge in [-0.15, -0.1) is 0 Å². The van der Waals surface area contributed by atoms with E-state index in [9.17, 15) is 22.8 Å². The van der Waals surface area contributed by atoms with Crippen LogP contribution >= 0.6 is 15.9 Å². The zero-order chi connectivity index (χ0) is 14.6. The van der Waals surface area contributed by atoms with Crippen LogP contribution in [0.3, 0.4) is 0 Å². The van der Waals surface area contributed by atoms with Crippen LogP contribution in [0.15, 0.2) is 24.3 Å². The third-order valence-electron chi connectivity index (χ3n) is 2.24. The molecule has 19 heavy (non-hydrogen) atoms. The number of esters is 1. The number of hydrogen-bond donors (Lipinski definition) is 0. The average molecular weight is 339 g/mol. The first kappa shape index (κ1) is 15.7. The van der Waals surface area contributed by atoms with Crippen molar-refractivity contribution in [2.24, 2.45) is 0 Å². The van der Waals surface area contributed by atoms with Crippen molar-refractivity contribution in [1.82, 2.24) is 0 Å². The zero-order valence-corrected chi connectivity index (χ0v) is 11.4. The van der Waals surface area contributed by atoms with Gasteiger partial charge in [-0.3, -0.25) is 4.79 Å². The minimum Gasteiger partial charge on any atom is -0.460 e. The van der Waals surface area contributed by atoms with E-state index in [-0.39, 0.29) is 12.2 Å². The Kier molecular flexibility index (Phi) is 5.11. The Labute approximate surface area is 115 Å². The lowest BCUT2D eigenvalue weighted by Crippen LogP contribution is -2.21. The van der Waals surface area contributed by atoms with Crippen molar-refractivity contribution >= 4 is 27.7 Å². The van der Waals surface area contributed by atoms with Gasteiger partial charge in [-0.05, 0) is 24.6 Å². The van der Waals surface area contributed by atoms with Gasteiger partial charge in [0.05, 0.1) is 12.2 Å². The maximum Gasteiger partial charge on any atom is 0.416 e. The Morgan fingerprint density at radius 1 is 1.26 bits per heavy atom. The van der Waals surface area contributed by atoms with Crippen LogP contribution < -0.4 is 0 Å². The van der Waals surface area contributed by atoms with Crippen LogP contribution in [0, 0.1) is 0 Å². The molecule has 0 saturated carbocycles. The van der Waals surface area contributed by atoms with Crippen molar-refractivity contribution in [2.45, 2.75) is 17.9 Å². The number of carbonyl (C=O) groups excluding carboxylic acids is 2. The van der Waals surface area contributed by atoms with Gasteiger partial charge in [0.1, 0.15) is 4.83 Å². The molecule has 0 aliphatic rings. The van der Waals surface area contributed by atoms with E-state index in [1.807, 2.05) is 0 Å². The lowest BCUT2D eigenvalue weighted by molar-refractivity contribution is -0.153. The van der Waals surface area contributed by atoms with Gasteiger partial charge in [0.15, 0.2) is 0 Å². The third kappa shape index (κ3) is 4.05. The summed E-state index contributed by atoms with van der Waals surface area (Å²) in [7, 11) is 0. The lowest BCUT2D eigenvalue weighted by atomic mass is 10.1. The zero-order valence-electron chi connectivity index (χ0n) is 9.83. The van der Waals surface area contributed by atoms with Gasteiger partial charge >= 0.3 is 12.1 Å². The molecule has 104 valence electrons. The highest BCUT2D eigenvalue weighted by Gasteiger charge is 2.31. The van der Waals surface area contributed by atoms with Crippen molar-refractivity contribution < 1.29 is 27.5 Å². The Morgan fingerprint density at radius 2 is 1.79 bits per heavy atom. The van der Waals surface area contributed by atoms with Gasteiger partial charge < -0.3 is 4.74 Å². The molecule has 1 aromatic rings. The number of alkyl halides is 4. The van der Waals surface area contributed by atoms with Crippen LogP contribution in [-0.2, 0) is 20.5 Å². The molecule has 1 atom stereocenters. The van der Waals surface area contributed by atoms with Gasteiger partial charge in [-0.2, -0.15) is 13.2 Å². The molecule has 1 aromatic carbocycles. The summed E-state index contributed by atoms with van der Waals surface area (Å²) >= 11 is 2.97. The van der Waals surface area contributed by atoms with E-state index < -0.39 is 28.3 Å². The molecule has 0 saturated heterocycles. The Morgan fingerprint density at radius 3 is 2.21 bits per heavy atom. The smallest absolute Gasteiger partial charge is 0.416 e. The molecule has 3 nitrogen and oxygen atoms in total. The fraction of sp³-hybridized carbons (Fsp3) is 0.333. The van der Waals surface area contributed by atoms with E-state index in [0.717, 1.165) is 24.3 Å². The number of rotatable bonds is 4. The molecular weight excluding hydrogens is 329 g/mol. The predicted octanol–water partition coefficient (Wildman–Crippen LogP) is 3.27. The molecule has 0 aliphatic carbocycles. The first-order valence-corrected chi connectivity index (χ1v) is 6.21. The number of Topliss-reactive ketones (excluding diaryl/α,β-unsaturated/α-hetero) is 1. The topological polar surface area (TPSA) is 43.4 Å². The summed E-state index contributed by atoms with van der Waals surface area (Å²) in [5.41, 5.74) is -0.564. The molecular formula is C12H10BrF3O3. The summed E-state index contributed by atoms with van der Waals surface area (Å²) in [6.45, 7) is 1.60. The molecule has 0 aliphatic heterocycles. The molecule has 0 fully saturated rings. The van der Waals surface area contributed by atoms with Gasteiger partial charge in [0.25, 0.3) is 5.78 Å². The summed E-state index contributed by atoms with van der Waals surface area (Å²) in [6, 6.07) is 3.97. The summed E-state index contributed by atoms with van der Waals surface area (Å²) < 4.78 is 41.6. The summed E-state index contributed by atoms with van der Waals surface area (Å²) in [5, 5.41) is 0. The van der Waals surface area contributed by atoms with Gasteiger partial charge in [-0.25, -0.2) is 4.79 Å². The maximum absolute atomic E-state index is 12.4. The van der Waals surface area contributed by atoms with Gasteiger partial charge in [0.2, 0.25) is 0 Å². The van der Waals surface area contributed by atoms with E-state index in [1.54, 1.807) is 6.92 Å². The van der Waals surface area contributed by atoms with Crippen LogP contribution in [0.1, 0.15) is 22.9 Å². The monoisotopic (exact) mass is 338 g/mol. The van der Waals surface area contributed by atoms with E-state index in [2.05, 4.69) is 20.7 Å². The largest absolute Gasteiger partial charge is 0.460 e. The van der Waals surface area contributed by atoms with Crippen molar-refractivity contribution in [3.63, 3.8) is 0 Å². The molecule has 0 aromatic heterocycles. The van der Waals surface area contributed by atoms with Crippen LogP contribution in [0.25, 0.3) is 0 Å². The molecule has 0 radical (unpaired) electrons. The SMILES string of the molecule is CCOC(=O)C(=O)[C@@H](Br)c1ccc(C(F)(F)F)cc1. The number of ether oxygens (including phenoxy) is 1. The molecule has 0 N–H and O–H groups in total. The van der Waals surface area contributed by atoms with E-state index in [0.29, 0.717) is 0 Å². The normalized spacial score (nSPS) is 12.9. The van der Waals surface area contributed by atoms with E-state index in [4.69, 9.17) is 0 Å². The van der Waals surface area contributed by atoms with Crippen LogP contribution in [0.4, 0.5) is 13.2 Å². The minimum absolute atomic E-state index is 0.0529. The summed E-state index contributed by atoms with van der Waals surface area (Å²) in [5.74, 6) is -1.88. The molecule has 0 bridgehead atoms. The van der Waals surface area contributed by atoms with E-state index >= 15 is 0 Å². The number of ketones is 1. The molecule has 7 heteroatoms. The van der Waals surface area contributed by atoms with Crippen molar-refractivity contribution in [2.75, 3.05) is 6.61 Å². The van der Waals surface area contributed by atoms with Gasteiger partial charge in [0, 0.05) is 0 Å². The first-order valence-electron chi connectivity index (χ1n) is 5.29. The van der Waals surface area contributed by atoms with Gasteiger partial charge in [-0.1, -0.05) is 28.1 Å². The number of benzene rings is 1. The highest BCUT2D eigenvalue weighted by Crippen LogP contribution is 2.31. The second-order valence-corrected chi connectivity index (χ2v) is 4.48. The molecule has 0 amide bonds. The standard InChI is InChI=1S/C12H10BrF3O3/c1-2-19-11(18)10(17)9(13)7-3-5-8(6-4-7)12(14,15)16/h3-6,9H,2H2,1H3/t9-/m0/s1. The minimum atomic E-state index is -4.44. The maximum atomic E-state index is 12.4. The molecule has 0 heterocycles. The number of carbonyl (C=O) groups is 2. The highest BCUT2D eigenvalue weighted by molar-refractivity contribution is 9.09. The van der Waals surface area contributed by atoms with Crippen molar-refractivity contribution in [1.29, 1.82) is 0 Å². The fourth-order valence-corrected chi connectivity index (χ4v) is 1.79. The second kappa shape index (κ2) is 6.18. The number of halogens is 4. The Balaban J connectivity index is 2.86. The highest BCUT2D eigenvalue weighted by atomic mass is 79.9. The molecule has 0 unspecified atom stereocenters. The van der Waals surface area contributed by atoms with Crippen LogP contribution in [0.2, 0.25) is 0 Å². The van der Waals surface area contributed by atoms with Crippen molar-refractivity contribution in [3.8, 4) is 0 Å². The molecule has 0 spiro atoms. The van der Waals surface area contributed by atoms with Crippen LogP contribution in [-0.4, -0.2) is 18.4 Å².